The summed E-state index contributed by atoms with van der Waals surface area (Å²) in [7, 11) is 1.66. The fraction of sp³-hybridized carbons (Fsp3) is 0.176. The third kappa shape index (κ3) is 2.58. The van der Waals surface area contributed by atoms with E-state index in [4.69, 9.17) is 10.5 Å². The summed E-state index contributed by atoms with van der Waals surface area (Å²) in [6.45, 7) is 2.04. The van der Waals surface area contributed by atoms with Crippen molar-refractivity contribution in [2.75, 3.05) is 7.11 Å². The standard InChI is InChI=1S/C17H17N3O/c1-11-9-13(21-2)4-5-14(11)17(18)12-3-6-15-16(10-12)20-8-7-19-15/h3-10,17H,18H2,1-2H3. The first-order valence-corrected chi connectivity index (χ1v) is 6.80. The largest absolute Gasteiger partial charge is 0.497 e. The lowest BCUT2D eigenvalue weighted by Gasteiger charge is -2.16. The van der Waals surface area contributed by atoms with E-state index < -0.39 is 0 Å². The zero-order valence-corrected chi connectivity index (χ0v) is 12.1. The van der Waals surface area contributed by atoms with Crippen molar-refractivity contribution in [1.29, 1.82) is 0 Å². The van der Waals surface area contributed by atoms with Gasteiger partial charge in [-0.2, -0.15) is 0 Å². The van der Waals surface area contributed by atoms with Crippen molar-refractivity contribution in [3.63, 3.8) is 0 Å². The van der Waals surface area contributed by atoms with Crippen molar-refractivity contribution in [1.82, 2.24) is 9.97 Å². The van der Waals surface area contributed by atoms with Crippen LogP contribution in [0, 0.1) is 6.92 Å². The van der Waals surface area contributed by atoms with Crippen LogP contribution in [0.25, 0.3) is 11.0 Å². The Morgan fingerprint density at radius 1 is 1.00 bits per heavy atom. The predicted molar refractivity (Wildman–Crippen MR) is 83.3 cm³/mol. The Hall–Kier alpha value is -2.46. The van der Waals surface area contributed by atoms with Crippen molar-refractivity contribution in [2.24, 2.45) is 5.73 Å². The number of nitrogens with zero attached hydrogens (tertiary/aromatic N) is 2. The van der Waals surface area contributed by atoms with Crippen molar-refractivity contribution in [2.45, 2.75) is 13.0 Å². The smallest absolute Gasteiger partial charge is 0.119 e. The minimum atomic E-state index is -0.192. The highest BCUT2D eigenvalue weighted by Crippen LogP contribution is 2.27. The molecule has 0 saturated carbocycles. The fourth-order valence-electron chi connectivity index (χ4n) is 2.48. The maximum absolute atomic E-state index is 6.41. The van der Waals surface area contributed by atoms with Crippen LogP contribution in [0.1, 0.15) is 22.7 Å². The number of nitrogens with two attached hydrogens (primary N) is 1. The van der Waals surface area contributed by atoms with Crippen LogP contribution in [0.3, 0.4) is 0 Å². The normalized spacial score (nSPS) is 12.3. The predicted octanol–water partition coefficient (Wildman–Crippen LogP) is 2.99. The topological polar surface area (TPSA) is 61.0 Å². The van der Waals surface area contributed by atoms with Crippen LogP contribution in [0.15, 0.2) is 48.8 Å². The monoisotopic (exact) mass is 279 g/mol. The van der Waals surface area contributed by atoms with Gasteiger partial charge in [0.25, 0.3) is 0 Å². The zero-order valence-electron chi connectivity index (χ0n) is 12.1. The van der Waals surface area contributed by atoms with Gasteiger partial charge < -0.3 is 10.5 Å². The van der Waals surface area contributed by atoms with Gasteiger partial charge in [-0.3, -0.25) is 9.97 Å². The summed E-state index contributed by atoms with van der Waals surface area (Å²) in [4.78, 5) is 8.60. The molecule has 1 aromatic heterocycles. The maximum atomic E-state index is 6.41. The second-order valence-corrected chi connectivity index (χ2v) is 5.00. The molecule has 21 heavy (non-hydrogen) atoms. The van der Waals surface area contributed by atoms with Gasteiger partial charge in [0, 0.05) is 12.4 Å². The molecule has 0 radical (unpaired) electrons. The lowest BCUT2D eigenvalue weighted by Crippen LogP contribution is -2.13. The van der Waals surface area contributed by atoms with E-state index in [9.17, 15) is 0 Å². The molecule has 4 nitrogen and oxygen atoms in total. The number of hydrogen-bond donors (Lipinski definition) is 1. The van der Waals surface area contributed by atoms with Gasteiger partial charge in [0.2, 0.25) is 0 Å². The molecule has 0 amide bonds. The maximum Gasteiger partial charge on any atom is 0.119 e. The summed E-state index contributed by atoms with van der Waals surface area (Å²) < 4.78 is 5.23. The third-order valence-electron chi connectivity index (χ3n) is 3.66. The molecule has 2 N–H and O–H groups in total. The summed E-state index contributed by atoms with van der Waals surface area (Å²) in [5, 5.41) is 0. The summed E-state index contributed by atoms with van der Waals surface area (Å²) in [5.74, 6) is 0.841. The number of aromatic nitrogens is 2. The highest BCUT2D eigenvalue weighted by molar-refractivity contribution is 5.74. The molecule has 0 aliphatic heterocycles. The summed E-state index contributed by atoms with van der Waals surface area (Å²) >= 11 is 0. The van der Waals surface area contributed by atoms with E-state index in [1.165, 1.54) is 0 Å². The van der Waals surface area contributed by atoms with Crippen LogP contribution in [-0.4, -0.2) is 17.1 Å². The minimum absolute atomic E-state index is 0.192. The molecule has 0 bridgehead atoms. The molecule has 0 saturated heterocycles. The van der Waals surface area contributed by atoms with Crippen LogP contribution in [0.4, 0.5) is 0 Å². The van der Waals surface area contributed by atoms with E-state index in [1.54, 1.807) is 19.5 Å². The number of benzene rings is 2. The molecule has 1 atom stereocenters. The van der Waals surface area contributed by atoms with Gasteiger partial charge >= 0.3 is 0 Å². The van der Waals surface area contributed by atoms with Crippen LogP contribution < -0.4 is 10.5 Å². The molecule has 3 aromatic rings. The fourth-order valence-corrected chi connectivity index (χ4v) is 2.48. The van der Waals surface area contributed by atoms with E-state index in [1.807, 2.05) is 43.3 Å². The van der Waals surface area contributed by atoms with Gasteiger partial charge in [-0.1, -0.05) is 12.1 Å². The molecule has 3 rings (SSSR count). The number of hydrogen-bond acceptors (Lipinski definition) is 4. The quantitative estimate of drug-likeness (QED) is 0.800. The lowest BCUT2D eigenvalue weighted by molar-refractivity contribution is 0.414. The van der Waals surface area contributed by atoms with Gasteiger partial charge in [0.05, 0.1) is 24.2 Å². The van der Waals surface area contributed by atoms with Gasteiger partial charge in [-0.25, -0.2) is 0 Å². The summed E-state index contributed by atoms with van der Waals surface area (Å²) in [6.07, 6.45) is 3.38. The molecule has 0 aliphatic carbocycles. The average Bonchev–Trinajstić information content (AvgIpc) is 2.53. The Morgan fingerprint density at radius 2 is 1.76 bits per heavy atom. The van der Waals surface area contributed by atoms with Crippen molar-refractivity contribution in [3.8, 4) is 5.75 Å². The first-order valence-electron chi connectivity index (χ1n) is 6.80. The first-order chi connectivity index (χ1) is 10.2. The van der Waals surface area contributed by atoms with E-state index in [0.717, 1.165) is 33.5 Å². The highest BCUT2D eigenvalue weighted by Gasteiger charge is 2.13. The van der Waals surface area contributed by atoms with E-state index in [2.05, 4.69) is 9.97 Å². The molecular formula is C17H17N3O. The van der Waals surface area contributed by atoms with Crippen LogP contribution in [-0.2, 0) is 0 Å². The average molecular weight is 279 g/mol. The van der Waals surface area contributed by atoms with Crippen LogP contribution in [0.2, 0.25) is 0 Å². The molecular weight excluding hydrogens is 262 g/mol. The Morgan fingerprint density at radius 3 is 2.48 bits per heavy atom. The van der Waals surface area contributed by atoms with E-state index >= 15 is 0 Å². The highest BCUT2D eigenvalue weighted by atomic mass is 16.5. The molecule has 2 aromatic carbocycles. The second kappa shape index (κ2) is 5.50. The van der Waals surface area contributed by atoms with Crippen molar-refractivity contribution in [3.05, 3.63) is 65.5 Å². The Balaban J connectivity index is 2.01. The van der Waals surface area contributed by atoms with Crippen LogP contribution in [0.5, 0.6) is 5.75 Å². The lowest BCUT2D eigenvalue weighted by atomic mass is 9.95. The number of aryl methyl sites for hydroxylation is 1. The molecule has 0 aliphatic rings. The van der Waals surface area contributed by atoms with E-state index in [-0.39, 0.29) is 6.04 Å². The van der Waals surface area contributed by atoms with Gasteiger partial charge in [0.15, 0.2) is 0 Å². The van der Waals surface area contributed by atoms with Gasteiger partial charge in [-0.15, -0.1) is 0 Å². The SMILES string of the molecule is COc1ccc(C(N)c2ccc3nccnc3c2)c(C)c1. The Kier molecular flexibility index (Phi) is 3.54. The van der Waals surface area contributed by atoms with E-state index in [0.29, 0.717) is 0 Å². The van der Waals surface area contributed by atoms with Gasteiger partial charge in [0.1, 0.15) is 5.75 Å². The third-order valence-corrected chi connectivity index (χ3v) is 3.66. The van der Waals surface area contributed by atoms with Crippen LogP contribution >= 0.6 is 0 Å². The minimum Gasteiger partial charge on any atom is -0.497 e. The first kappa shape index (κ1) is 13.5. The molecule has 1 heterocycles. The summed E-state index contributed by atoms with van der Waals surface area (Å²) in [5.41, 5.74) is 11.4. The molecule has 0 spiro atoms. The molecule has 106 valence electrons. The van der Waals surface area contributed by atoms with Gasteiger partial charge in [-0.05, 0) is 47.9 Å². The molecule has 0 fully saturated rings. The number of fused-ring (bicyclic) bond motifs is 1. The van der Waals surface area contributed by atoms with Crippen molar-refractivity contribution < 1.29 is 4.74 Å². The van der Waals surface area contributed by atoms with Crippen molar-refractivity contribution >= 4 is 11.0 Å². The number of methoxy groups -OCH3 is 1. The molecule has 1 unspecified atom stereocenters. The zero-order chi connectivity index (χ0) is 14.8. The Labute approximate surface area is 123 Å². The number of rotatable bonds is 3. The second-order valence-electron chi connectivity index (χ2n) is 5.00. The number of ether oxygens (including phenoxy) is 1. The Bertz CT molecular complexity index is 786. The summed E-state index contributed by atoms with van der Waals surface area (Å²) in [6, 6.07) is 11.7. The molecule has 4 heteroatoms.